The molecule has 1 aliphatic heterocycles. The van der Waals surface area contributed by atoms with E-state index in [0.717, 1.165) is 6.54 Å². The van der Waals surface area contributed by atoms with Crippen LogP contribution < -0.4 is 10.2 Å². The minimum atomic E-state index is 0.677. The van der Waals surface area contributed by atoms with E-state index in [2.05, 4.69) is 48.5 Å². The van der Waals surface area contributed by atoms with E-state index >= 15 is 0 Å². The highest BCUT2D eigenvalue weighted by Gasteiger charge is 2.15. The van der Waals surface area contributed by atoms with Gasteiger partial charge in [0, 0.05) is 25.3 Å². The van der Waals surface area contributed by atoms with Crippen molar-refractivity contribution in [3.05, 3.63) is 29.8 Å². The molecule has 1 heterocycles. The quantitative estimate of drug-likeness (QED) is 0.812. The van der Waals surface area contributed by atoms with Crippen molar-refractivity contribution < 1.29 is 0 Å². The van der Waals surface area contributed by atoms with Crippen LogP contribution >= 0.6 is 0 Å². The van der Waals surface area contributed by atoms with Gasteiger partial charge in [-0.1, -0.05) is 17.7 Å². The van der Waals surface area contributed by atoms with E-state index in [1.54, 1.807) is 0 Å². The summed E-state index contributed by atoms with van der Waals surface area (Å²) in [6.45, 7) is 4.43. The topological polar surface area (TPSA) is 15.3 Å². The third kappa shape index (κ3) is 2.72. The summed E-state index contributed by atoms with van der Waals surface area (Å²) in [5.41, 5.74) is 2.64. The number of anilines is 1. The summed E-state index contributed by atoms with van der Waals surface area (Å²) in [7, 11) is 2.17. The lowest BCUT2D eigenvalue weighted by molar-refractivity contribution is 0.600. The second-order valence-electron chi connectivity index (χ2n) is 4.51. The van der Waals surface area contributed by atoms with Gasteiger partial charge >= 0.3 is 0 Å². The molecule has 0 radical (unpaired) electrons. The number of benzene rings is 1. The van der Waals surface area contributed by atoms with Gasteiger partial charge in [0.1, 0.15) is 0 Å². The predicted molar refractivity (Wildman–Crippen MR) is 65.5 cm³/mol. The van der Waals surface area contributed by atoms with Gasteiger partial charge in [-0.15, -0.1) is 0 Å². The van der Waals surface area contributed by atoms with Crippen molar-refractivity contribution in [1.82, 2.24) is 5.32 Å². The summed E-state index contributed by atoms with van der Waals surface area (Å²) in [6.07, 6.45) is 2.64. The summed E-state index contributed by atoms with van der Waals surface area (Å²) in [5, 5.41) is 3.53. The van der Waals surface area contributed by atoms with Gasteiger partial charge in [-0.25, -0.2) is 0 Å². The van der Waals surface area contributed by atoms with Crippen molar-refractivity contribution in [2.24, 2.45) is 0 Å². The molecule has 82 valence electrons. The highest BCUT2D eigenvalue weighted by atomic mass is 15.1. The van der Waals surface area contributed by atoms with E-state index in [1.165, 1.54) is 30.6 Å². The zero-order valence-corrected chi connectivity index (χ0v) is 9.66. The van der Waals surface area contributed by atoms with Gasteiger partial charge in [0.2, 0.25) is 0 Å². The van der Waals surface area contributed by atoms with E-state index < -0.39 is 0 Å². The number of nitrogens with one attached hydrogen (secondary N) is 1. The summed E-state index contributed by atoms with van der Waals surface area (Å²) in [5.74, 6) is 0. The van der Waals surface area contributed by atoms with E-state index in [4.69, 9.17) is 0 Å². The van der Waals surface area contributed by atoms with Crippen LogP contribution in [0.25, 0.3) is 0 Å². The summed E-state index contributed by atoms with van der Waals surface area (Å²) in [6, 6.07) is 9.42. The summed E-state index contributed by atoms with van der Waals surface area (Å²) in [4.78, 5) is 2.34. The van der Waals surface area contributed by atoms with Crippen molar-refractivity contribution >= 4 is 5.69 Å². The van der Waals surface area contributed by atoms with Crippen LogP contribution in [0.5, 0.6) is 0 Å². The van der Waals surface area contributed by atoms with Crippen LogP contribution in [0.2, 0.25) is 0 Å². The Morgan fingerprint density at radius 1 is 1.33 bits per heavy atom. The first-order chi connectivity index (χ1) is 7.25. The second-order valence-corrected chi connectivity index (χ2v) is 4.51. The first-order valence-electron chi connectivity index (χ1n) is 5.77. The molecule has 0 bridgehead atoms. The van der Waals surface area contributed by atoms with Crippen LogP contribution in [0.1, 0.15) is 18.4 Å². The molecule has 1 fully saturated rings. The van der Waals surface area contributed by atoms with Gasteiger partial charge in [-0.3, -0.25) is 0 Å². The maximum atomic E-state index is 3.53. The Labute approximate surface area is 92.3 Å². The minimum absolute atomic E-state index is 0.677. The fourth-order valence-corrected chi connectivity index (χ4v) is 2.15. The Balaban J connectivity index is 1.94. The van der Waals surface area contributed by atoms with Crippen LogP contribution in [0, 0.1) is 6.92 Å². The van der Waals surface area contributed by atoms with Gasteiger partial charge in [0.15, 0.2) is 0 Å². The van der Waals surface area contributed by atoms with Crippen molar-refractivity contribution in [2.75, 3.05) is 25.0 Å². The zero-order valence-electron chi connectivity index (χ0n) is 9.66. The fourth-order valence-electron chi connectivity index (χ4n) is 2.15. The van der Waals surface area contributed by atoms with Crippen LogP contribution in [0.4, 0.5) is 5.69 Å². The third-order valence-corrected chi connectivity index (χ3v) is 3.13. The molecule has 1 N–H and O–H groups in total. The predicted octanol–water partition coefficient (Wildman–Crippen LogP) is 2.18. The van der Waals surface area contributed by atoms with Gasteiger partial charge in [0.05, 0.1) is 0 Å². The Hall–Kier alpha value is -1.02. The van der Waals surface area contributed by atoms with E-state index in [9.17, 15) is 0 Å². The van der Waals surface area contributed by atoms with Crippen LogP contribution in [0.15, 0.2) is 24.3 Å². The lowest BCUT2D eigenvalue weighted by atomic mass is 10.2. The lowest BCUT2D eigenvalue weighted by Crippen LogP contribution is -2.35. The Morgan fingerprint density at radius 2 is 2.07 bits per heavy atom. The van der Waals surface area contributed by atoms with Crippen LogP contribution in [-0.2, 0) is 0 Å². The molecule has 1 aliphatic rings. The monoisotopic (exact) mass is 204 g/mol. The van der Waals surface area contributed by atoms with Gasteiger partial charge < -0.3 is 10.2 Å². The molecule has 0 aliphatic carbocycles. The minimum Gasteiger partial charge on any atom is -0.373 e. The molecule has 0 saturated carbocycles. The maximum absolute atomic E-state index is 3.53. The molecule has 1 aromatic rings. The highest BCUT2D eigenvalue weighted by molar-refractivity contribution is 5.46. The molecular weight excluding hydrogens is 184 g/mol. The summed E-state index contributed by atoms with van der Waals surface area (Å²) < 4.78 is 0. The standard InChI is InChI=1S/C13H20N2/c1-11-5-7-13(8-6-11)15(2)10-12-4-3-9-14-12/h5-8,12,14H,3-4,9-10H2,1-2H3/t12-/m0/s1. The Morgan fingerprint density at radius 3 is 2.67 bits per heavy atom. The zero-order chi connectivity index (χ0) is 10.7. The molecule has 0 unspecified atom stereocenters. The summed E-state index contributed by atoms with van der Waals surface area (Å²) >= 11 is 0. The third-order valence-electron chi connectivity index (χ3n) is 3.13. The molecular formula is C13H20N2. The molecule has 2 heteroatoms. The average Bonchev–Trinajstić information content (AvgIpc) is 2.71. The van der Waals surface area contributed by atoms with Crippen molar-refractivity contribution in [3.63, 3.8) is 0 Å². The molecule has 0 amide bonds. The van der Waals surface area contributed by atoms with Crippen molar-refractivity contribution in [3.8, 4) is 0 Å². The lowest BCUT2D eigenvalue weighted by Gasteiger charge is -2.23. The van der Waals surface area contributed by atoms with E-state index in [0.29, 0.717) is 6.04 Å². The number of aryl methyl sites for hydroxylation is 1. The first-order valence-corrected chi connectivity index (χ1v) is 5.77. The average molecular weight is 204 g/mol. The molecule has 0 aromatic heterocycles. The number of hydrogen-bond acceptors (Lipinski definition) is 2. The van der Waals surface area contributed by atoms with Crippen molar-refractivity contribution in [1.29, 1.82) is 0 Å². The Bertz CT molecular complexity index is 299. The molecule has 2 nitrogen and oxygen atoms in total. The van der Waals surface area contributed by atoms with Gasteiger partial charge in [-0.05, 0) is 38.4 Å². The maximum Gasteiger partial charge on any atom is 0.0364 e. The largest absolute Gasteiger partial charge is 0.373 e. The SMILES string of the molecule is Cc1ccc(N(C)C[C@@H]2CCCN2)cc1. The molecule has 2 rings (SSSR count). The number of nitrogens with zero attached hydrogens (tertiary/aromatic N) is 1. The van der Waals surface area contributed by atoms with Gasteiger partial charge in [-0.2, -0.15) is 0 Å². The Kier molecular flexibility index (Phi) is 3.27. The molecule has 1 saturated heterocycles. The second kappa shape index (κ2) is 4.67. The molecule has 15 heavy (non-hydrogen) atoms. The van der Waals surface area contributed by atoms with E-state index in [1.807, 2.05) is 0 Å². The van der Waals surface area contributed by atoms with E-state index in [-0.39, 0.29) is 0 Å². The molecule has 0 spiro atoms. The normalized spacial score (nSPS) is 20.5. The smallest absolute Gasteiger partial charge is 0.0364 e. The number of hydrogen-bond donors (Lipinski definition) is 1. The first kappa shape index (κ1) is 10.5. The van der Waals surface area contributed by atoms with Crippen molar-refractivity contribution in [2.45, 2.75) is 25.8 Å². The molecule has 1 aromatic carbocycles. The van der Waals surface area contributed by atoms with Crippen LogP contribution in [0.3, 0.4) is 0 Å². The number of rotatable bonds is 3. The molecule has 1 atom stereocenters. The highest BCUT2D eigenvalue weighted by Crippen LogP contribution is 2.15. The van der Waals surface area contributed by atoms with Crippen LogP contribution in [-0.4, -0.2) is 26.2 Å². The fraction of sp³-hybridized carbons (Fsp3) is 0.538. The number of likely N-dealkylation sites (N-methyl/N-ethyl adjacent to an activating group) is 1. The van der Waals surface area contributed by atoms with Gasteiger partial charge in [0.25, 0.3) is 0 Å².